The maximum absolute atomic E-state index is 13.0. The van der Waals surface area contributed by atoms with Crippen LogP contribution < -0.4 is 0 Å². The van der Waals surface area contributed by atoms with Crippen molar-refractivity contribution in [3.8, 4) is 0 Å². The molecule has 2 fully saturated rings. The highest BCUT2D eigenvalue weighted by Gasteiger charge is 3.05. The van der Waals surface area contributed by atoms with Gasteiger partial charge in [0.05, 0.1) is 10.3 Å². The highest BCUT2D eigenvalue weighted by molar-refractivity contribution is 6.37. The van der Waals surface area contributed by atoms with Crippen molar-refractivity contribution >= 4 is 17.4 Å². The number of hydrogen-bond acceptors (Lipinski definition) is 1. The molecule has 0 aromatic heterocycles. The fourth-order valence-corrected chi connectivity index (χ4v) is 5.69. The zero-order valence-corrected chi connectivity index (χ0v) is 13.2. The minimum atomic E-state index is -0.312. The molecule has 0 radical (unpaired) electrons. The van der Waals surface area contributed by atoms with Gasteiger partial charge < -0.3 is 0 Å². The second-order valence-corrected chi connectivity index (χ2v) is 9.22. The molecular formula is C16H23ClO. The molecule has 0 saturated heterocycles. The summed E-state index contributed by atoms with van der Waals surface area (Å²) in [6.07, 6.45) is 2.18. The lowest BCUT2D eigenvalue weighted by Gasteiger charge is -2.48. The first-order valence-electron chi connectivity index (χ1n) is 6.84. The molecule has 0 heterocycles. The number of ketones is 1. The zero-order chi connectivity index (χ0) is 13.9. The zero-order valence-electron chi connectivity index (χ0n) is 12.4. The standard InChI is InChI=1S/C16H23ClO/c1-12(2,3)9-8-14(7)11-15(10(9)18,13(4,5)6)16(11,14)17/h8,11H,1-7H3/t11?,14-,15+,16-/m0/s1. The number of Topliss-reactive ketones (excluding diaryl/α,β-unsaturated/α-hetero) is 1. The van der Waals surface area contributed by atoms with Crippen molar-refractivity contribution in [3.05, 3.63) is 11.6 Å². The third kappa shape index (κ3) is 0.891. The largest absolute Gasteiger partial charge is 0.294 e. The fraction of sp³-hybridized carbons (Fsp3) is 0.812. The molecule has 0 aliphatic heterocycles. The van der Waals surface area contributed by atoms with Gasteiger partial charge in [-0.3, -0.25) is 4.79 Å². The average Bonchev–Trinajstić information content (AvgIpc) is 2.90. The van der Waals surface area contributed by atoms with Crippen molar-refractivity contribution in [2.45, 2.75) is 53.3 Å². The average molecular weight is 267 g/mol. The number of fused-ring (bicyclic) bond motifs is 1. The molecule has 18 heavy (non-hydrogen) atoms. The second-order valence-electron chi connectivity index (χ2n) is 8.62. The van der Waals surface area contributed by atoms with Gasteiger partial charge in [0.2, 0.25) is 0 Å². The summed E-state index contributed by atoms with van der Waals surface area (Å²) in [5, 5.41) is 0. The molecule has 2 bridgehead atoms. The van der Waals surface area contributed by atoms with Gasteiger partial charge in [0, 0.05) is 11.3 Å². The van der Waals surface area contributed by atoms with E-state index in [1.807, 2.05) is 0 Å². The first kappa shape index (κ1) is 12.7. The monoisotopic (exact) mass is 266 g/mol. The Morgan fingerprint density at radius 2 is 1.61 bits per heavy atom. The Labute approximate surface area is 115 Å². The Morgan fingerprint density at radius 1 is 1.17 bits per heavy atom. The Bertz CT molecular complexity index is 504. The Balaban J connectivity index is 2.17. The fourth-order valence-electron chi connectivity index (χ4n) is 4.77. The number of carbonyl (C=O) groups excluding carboxylic acids is 1. The normalized spacial score (nSPS) is 49.7. The van der Waals surface area contributed by atoms with E-state index in [0.29, 0.717) is 11.7 Å². The van der Waals surface area contributed by atoms with Crippen LogP contribution in [-0.2, 0) is 4.79 Å². The van der Waals surface area contributed by atoms with Crippen LogP contribution in [0.15, 0.2) is 11.6 Å². The van der Waals surface area contributed by atoms with Crippen LogP contribution in [0, 0.1) is 27.6 Å². The van der Waals surface area contributed by atoms with Crippen molar-refractivity contribution in [1.82, 2.24) is 0 Å². The van der Waals surface area contributed by atoms with Crippen molar-refractivity contribution in [3.63, 3.8) is 0 Å². The number of carbonyl (C=O) groups is 1. The Morgan fingerprint density at radius 3 is 1.94 bits per heavy atom. The van der Waals surface area contributed by atoms with Gasteiger partial charge in [0.1, 0.15) is 0 Å². The minimum absolute atomic E-state index is 0.0539. The summed E-state index contributed by atoms with van der Waals surface area (Å²) in [5.74, 6) is 0.670. The summed E-state index contributed by atoms with van der Waals surface area (Å²) in [6, 6.07) is 0. The molecule has 4 rings (SSSR count). The van der Waals surface area contributed by atoms with Crippen LogP contribution in [0.2, 0.25) is 0 Å². The summed E-state index contributed by atoms with van der Waals surface area (Å²) in [7, 11) is 0. The summed E-state index contributed by atoms with van der Waals surface area (Å²) in [6.45, 7) is 15.1. The molecule has 4 aliphatic rings. The van der Waals surface area contributed by atoms with E-state index in [2.05, 4.69) is 54.5 Å². The van der Waals surface area contributed by atoms with Gasteiger partial charge in [-0.15, -0.1) is 11.6 Å². The second kappa shape index (κ2) is 2.61. The van der Waals surface area contributed by atoms with Gasteiger partial charge >= 0.3 is 0 Å². The first-order chi connectivity index (χ1) is 7.87. The van der Waals surface area contributed by atoms with Crippen LogP contribution in [0.4, 0.5) is 0 Å². The lowest BCUT2D eigenvalue weighted by atomic mass is 9.55. The maximum Gasteiger partial charge on any atom is 0.167 e. The van der Waals surface area contributed by atoms with Crippen LogP contribution in [-0.4, -0.2) is 10.7 Å². The lowest BCUT2D eigenvalue weighted by Crippen LogP contribution is -2.51. The minimum Gasteiger partial charge on any atom is -0.294 e. The van der Waals surface area contributed by atoms with Crippen LogP contribution in [0.1, 0.15) is 48.5 Å². The summed E-state index contributed by atoms with van der Waals surface area (Å²) in [4.78, 5) is 12.7. The van der Waals surface area contributed by atoms with E-state index in [1.54, 1.807) is 0 Å². The van der Waals surface area contributed by atoms with Crippen molar-refractivity contribution in [2.75, 3.05) is 0 Å². The Kier molecular flexibility index (Phi) is 1.85. The molecule has 1 unspecified atom stereocenters. The molecule has 1 nitrogen and oxygen atoms in total. The molecule has 2 saturated carbocycles. The highest BCUT2D eigenvalue weighted by atomic mass is 35.5. The number of alkyl halides is 1. The van der Waals surface area contributed by atoms with E-state index >= 15 is 0 Å². The van der Waals surface area contributed by atoms with Crippen LogP contribution in [0.3, 0.4) is 0 Å². The molecule has 4 aliphatic carbocycles. The van der Waals surface area contributed by atoms with Gasteiger partial charge in [-0.2, -0.15) is 0 Å². The smallest absolute Gasteiger partial charge is 0.167 e. The van der Waals surface area contributed by atoms with E-state index in [-0.39, 0.29) is 26.5 Å². The first-order valence-corrected chi connectivity index (χ1v) is 7.21. The predicted molar refractivity (Wildman–Crippen MR) is 74.6 cm³/mol. The van der Waals surface area contributed by atoms with Gasteiger partial charge in [-0.1, -0.05) is 54.5 Å². The van der Waals surface area contributed by atoms with Gasteiger partial charge in [0.25, 0.3) is 0 Å². The van der Waals surface area contributed by atoms with Crippen LogP contribution in [0.25, 0.3) is 0 Å². The molecule has 2 heteroatoms. The quantitative estimate of drug-likeness (QED) is 0.601. The van der Waals surface area contributed by atoms with E-state index in [4.69, 9.17) is 11.6 Å². The van der Waals surface area contributed by atoms with Crippen molar-refractivity contribution in [2.24, 2.45) is 27.6 Å². The summed E-state index contributed by atoms with van der Waals surface area (Å²) >= 11 is 6.81. The van der Waals surface area contributed by atoms with Crippen LogP contribution >= 0.6 is 11.6 Å². The number of hydrogen-bond donors (Lipinski definition) is 0. The molecule has 100 valence electrons. The van der Waals surface area contributed by atoms with Gasteiger partial charge in [-0.25, -0.2) is 0 Å². The number of halogens is 1. The molecule has 0 N–H and O–H groups in total. The third-order valence-corrected chi connectivity index (χ3v) is 6.58. The Hall–Kier alpha value is -0.300. The van der Waals surface area contributed by atoms with Crippen molar-refractivity contribution < 1.29 is 4.79 Å². The maximum atomic E-state index is 13.0. The highest BCUT2D eigenvalue weighted by Crippen LogP contribution is 3.00. The van der Waals surface area contributed by atoms with Gasteiger partial charge in [-0.05, 0) is 16.4 Å². The number of rotatable bonds is 0. The van der Waals surface area contributed by atoms with E-state index < -0.39 is 0 Å². The summed E-state index contributed by atoms with van der Waals surface area (Å²) in [5.41, 5.74) is 0.597. The van der Waals surface area contributed by atoms with E-state index in [0.717, 1.165) is 5.57 Å². The molecule has 4 atom stereocenters. The summed E-state index contributed by atoms with van der Waals surface area (Å²) < 4.78 is 0. The van der Waals surface area contributed by atoms with E-state index in [1.165, 1.54) is 0 Å². The predicted octanol–water partition coefficient (Wildman–Crippen LogP) is 4.20. The SMILES string of the molecule is CC(C)(C)C1=C[C@@]2(C)C3[C@@]2(Cl)[C@]3(C(C)(C)C)C1=O. The molecular weight excluding hydrogens is 244 g/mol. The number of allylic oxidation sites excluding steroid dienone is 2. The molecule has 0 aromatic carbocycles. The van der Waals surface area contributed by atoms with Crippen LogP contribution in [0.5, 0.6) is 0 Å². The van der Waals surface area contributed by atoms with Gasteiger partial charge in [0.15, 0.2) is 5.78 Å². The third-order valence-electron chi connectivity index (χ3n) is 5.66. The van der Waals surface area contributed by atoms with Crippen molar-refractivity contribution in [1.29, 1.82) is 0 Å². The lowest BCUT2D eigenvalue weighted by molar-refractivity contribution is -0.131. The molecule has 0 aromatic rings. The molecule has 0 spiro atoms. The topological polar surface area (TPSA) is 17.1 Å². The molecule has 0 amide bonds. The van der Waals surface area contributed by atoms with E-state index in [9.17, 15) is 4.79 Å².